The van der Waals surface area contributed by atoms with Gasteiger partial charge in [0.05, 0.1) is 5.54 Å². The van der Waals surface area contributed by atoms with Crippen molar-refractivity contribution in [3.05, 3.63) is 0 Å². The summed E-state index contributed by atoms with van der Waals surface area (Å²) in [5.74, 6) is 0.871. The van der Waals surface area contributed by atoms with E-state index in [1.807, 2.05) is 6.92 Å². The molecule has 1 amide bonds. The van der Waals surface area contributed by atoms with E-state index < -0.39 is 16.3 Å². The van der Waals surface area contributed by atoms with Crippen LogP contribution in [0.15, 0.2) is 0 Å². The van der Waals surface area contributed by atoms with Crippen molar-refractivity contribution < 1.29 is 9.00 Å². The lowest BCUT2D eigenvalue weighted by molar-refractivity contribution is -0.127. The number of carbonyl (C=O) groups excluding carboxylic acids is 1. The Morgan fingerprint density at radius 2 is 2.19 bits per heavy atom. The molecule has 5 heteroatoms. The van der Waals surface area contributed by atoms with Gasteiger partial charge in [0, 0.05) is 28.9 Å². The van der Waals surface area contributed by atoms with E-state index in [1.165, 1.54) is 0 Å². The summed E-state index contributed by atoms with van der Waals surface area (Å²) < 4.78 is 10.9. The second kappa shape index (κ2) is 5.27. The second-order valence-electron chi connectivity index (χ2n) is 5.00. The van der Waals surface area contributed by atoms with Crippen LogP contribution in [0.4, 0.5) is 0 Å². The van der Waals surface area contributed by atoms with Gasteiger partial charge < -0.3 is 11.1 Å². The maximum Gasteiger partial charge on any atom is 0.240 e. The molecule has 1 aliphatic rings. The Bertz CT molecular complexity index is 288. The van der Waals surface area contributed by atoms with Crippen molar-refractivity contribution in [1.82, 2.24) is 5.32 Å². The highest BCUT2D eigenvalue weighted by Crippen LogP contribution is 2.38. The predicted molar refractivity (Wildman–Crippen MR) is 66.5 cm³/mol. The lowest BCUT2D eigenvalue weighted by atomic mass is 9.96. The van der Waals surface area contributed by atoms with E-state index in [2.05, 4.69) is 5.32 Å². The van der Waals surface area contributed by atoms with Gasteiger partial charge in [-0.1, -0.05) is 0 Å². The molecule has 0 heterocycles. The van der Waals surface area contributed by atoms with Gasteiger partial charge in [-0.05, 0) is 39.0 Å². The van der Waals surface area contributed by atoms with Crippen molar-refractivity contribution in [2.24, 2.45) is 11.7 Å². The molecule has 3 unspecified atom stereocenters. The van der Waals surface area contributed by atoms with Crippen molar-refractivity contribution in [2.45, 2.75) is 44.7 Å². The van der Waals surface area contributed by atoms with Crippen LogP contribution in [0.25, 0.3) is 0 Å². The first-order valence-electron chi connectivity index (χ1n) is 5.74. The summed E-state index contributed by atoms with van der Waals surface area (Å²) in [6, 6.07) is 0.0398. The Morgan fingerprint density at radius 3 is 2.62 bits per heavy atom. The van der Waals surface area contributed by atoms with E-state index in [9.17, 15) is 9.00 Å². The van der Waals surface area contributed by atoms with Crippen molar-refractivity contribution in [2.75, 3.05) is 12.0 Å². The smallest absolute Gasteiger partial charge is 0.240 e. The highest BCUT2D eigenvalue weighted by molar-refractivity contribution is 7.84. The van der Waals surface area contributed by atoms with Crippen LogP contribution in [-0.4, -0.2) is 33.7 Å². The summed E-state index contributed by atoms with van der Waals surface area (Å²) in [4.78, 5) is 11.9. The van der Waals surface area contributed by atoms with E-state index in [0.717, 1.165) is 19.3 Å². The van der Waals surface area contributed by atoms with Gasteiger partial charge >= 0.3 is 0 Å². The third-order valence-electron chi connectivity index (χ3n) is 3.13. The van der Waals surface area contributed by atoms with Gasteiger partial charge in [0.15, 0.2) is 0 Å². The van der Waals surface area contributed by atoms with Crippen molar-refractivity contribution in [3.8, 4) is 0 Å². The summed E-state index contributed by atoms with van der Waals surface area (Å²) in [5, 5.41) is 2.90. The van der Waals surface area contributed by atoms with Crippen LogP contribution >= 0.6 is 0 Å². The van der Waals surface area contributed by atoms with Gasteiger partial charge in [0.25, 0.3) is 0 Å². The van der Waals surface area contributed by atoms with Crippen LogP contribution in [0.1, 0.15) is 33.1 Å². The molecule has 1 rings (SSSR count). The average Bonchev–Trinajstić information content (AvgIpc) is 2.97. The minimum absolute atomic E-state index is 0.0398. The summed E-state index contributed by atoms with van der Waals surface area (Å²) in [7, 11) is -0.801. The van der Waals surface area contributed by atoms with Gasteiger partial charge in [-0.3, -0.25) is 9.00 Å². The third-order valence-corrected chi connectivity index (χ3v) is 3.94. The zero-order valence-electron chi connectivity index (χ0n) is 10.3. The van der Waals surface area contributed by atoms with Crippen LogP contribution in [0.3, 0.4) is 0 Å². The van der Waals surface area contributed by atoms with E-state index in [-0.39, 0.29) is 11.9 Å². The lowest BCUT2D eigenvalue weighted by Gasteiger charge is -2.25. The number of hydrogen-bond donors (Lipinski definition) is 2. The minimum Gasteiger partial charge on any atom is -0.352 e. The first kappa shape index (κ1) is 13.6. The standard InChI is InChI=1S/C11H22N2O2S/c1-8(6-7-16(3)15)13-10(14)11(2,12)9-4-5-9/h8-9H,4-7,12H2,1-3H3,(H,13,14). The van der Waals surface area contributed by atoms with Crippen molar-refractivity contribution in [1.29, 1.82) is 0 Å². The van der Waals surface area contributed by atoms with Crippen molar-refractivity contribution in [3.63, 3.8) is 0 Å². The molecular formula is C11H22N2O2S. The zero-order valence-corrected chi connectivity index (χ0v) is 11.1. The molecule has 0 aromatic heterocycles. The van der Waals surface area contributed by atoms with Gasteiger partial charge in [-0.25, -0.2) is 0 Å². The molecule has 0 aliphatic heterocycles. The lowest BCUT2D eigenvalue weighted by Crippen LogP contribution is -2.55. The topological polar surface area (TPSA) is 72.2 Å². The largest absolute Gasteiger partial charge is 0.352 e. The molecule has 16 heavy (non-hydrogen) atoms. The Balaban J connectivity index is 2.35. The highest BCUT2D eigenvalue weighted by atomic mass is 32.2. The molecule has 3 N–H and O–H groups in total. The fourth-order valence-electron chi connectivity index (χ4n) is 1.66. The summed E-state index contributed by atoms with van der Waals surface area (Å²) in [6.07, 6.45) is 4.50. The van der Waals surface area contributed by atoms with Crippen LogP contribution in [0.5, 0.6) is 0 Å². The molecule has 4 nitrogen and oxygen atoms in total. The SMILES string of the molecule is CC(CCS(C)=O)NC(=O)C(C)(N)C1CC1. The zero-order chi connectivity index (χ0) is 12.3. The molecule has 0 radical (unpaired) electrons. The fourth-order valence-corrected chi connectivity index (χ4v) is 2.35. The Morgan fingerprint density at radius 1 is 1.62 bits per heavy atom. The van der Waals surface area contributed by atoms with Crippen LogP contribution in [0.2, 0.25) is 0 Å². The molecule has 1 saturated carbocycles. The molecule has 1 aliphatic carbocycles. The Labute approximate surface area is 99.8 Å². The van der Waals surface area contributed by atoms with Crippen molar-refractivity contribution >= 4 is 16.7 Å². The van der Waals surface area contributed by atoms with Crippen LogP contribution in [-0.2, 0) is 15.6 Å². The van der Waals surface area contributed by atoms with E-state index >= 15 is 0 Å². The van der Waals surface area contributed by atoms with Gasteiger partial charge in [0.2, 0.25) is 5.91 Å². The number of hydrogen-bond acceptors (Lipinski definition) is 3. The van der Waals surface area contributed by atoms with E-state index in [4.69, 9.17) is 5.73 Å². The first-order chi connectivity index (χ1) is 7.34. The maximum absolute atomic E-state index is 11.9. The quantitative estimate of drug-likeness (QED) is 0.712. The summed E-state index contributed by atoms with van der Waals surface area (Å²) in [5.41, 5.74) is 5.26. The predicted octanol–water partition coefficient (Wildman–Crippen LogP) is 0.387. The number of amides is 1. The van der Waals surface area contributed by atoms with Gasteiger partial charge in [-0.2, -0.15) is 0 Å². The fraction of sp³-hybridized carbons (Fsp3) is 0.909. The number of rotatable bonds is 6. The molecule has 1 fully saturated rings. The molecular weight excluding hydrogens is 224 g/mol. The summed E-state index contributed by atoms with van der Waals surface area (Å²) in [6.45, 7) is 3.72. The van der Waals surface area contributed by atoms with E-state index in [1.54, 1.807) is 13.2 Å². The van der Waals surface area contributed by atoms with Crippen LogP contribution < -0.4 is 11.1 Å². The van der Waals surface area contributed by atoms with Gasteiger partial charge in [-0.15, -0.1) is 0 Å². The van der Waals surface area contributed by atoms with Gasteiger partial charge in [0.1, 0.15) is 0 Å². The van der Waals surface area contributed by atoms with Crippen LogP contribution in [0, 0.1) is 5.92 Å². The molecule has 0 spiro atoms. The monoisotopic (exact) mass is 246 g/mol. The molecule has 3 atom stereocenters. The van der Waals surface area contributed by atoms with E-state index in [0.29, 0.717) is 11.7 Å². The highest BCUT2D eigenvalue weighted by Gasteiger charge is 2.44. The second-order valence-corrected chi connectivity index (χ2v) is 6.55. The molecule has 0 aromatic rings. The minimum atomic E-state index is -0.801. The molecule has 0 aromatic carbocycles. The third kappa shape index (κ3) is 3.87. The molecule has 0 bridgehead atoms. The normalized spacial score (nSPS) is 23.2. The number of nitrogens with two attached hydrogens (primary N) is 1. The summed E-state index contributed by atoms with van der Waals surface area (Å²) >= 11 is 0. The first-order valence-corrected chi connectivity index (χ1v) is 7.46. The Hall–Kier alpha value is -0.420. The Kier molecular flexibility index (Phi) is 4.50. The number of nitrogens with one attached hydrogen (secondary N) is 1. The maximum atomic E-state index is 11.9. The molecule has 94 valence electrons. The number of carbonyl (C=O) groups is 1. The average molecular weight is 246 g/mol. The molecule has 0 saturated heterocycles.